The number of nitrogens with zero attached hydrogens (tertiary/aromatic N) is 6. The first-order valence-corrected chi connectivity index (χ1v) is 10.7. The second-order valence-corrected chi connectivity index (χ2v) is 8.39. The highest BCUT2D eigenvalue weighted by molar-refractivity contribution is 5.89. The molecule has 1 aliphatic rings. The van der Waals surface area contributed by atoms with Crippen LogP contribution in [0.1, 0.15) is 24.0 Å². The number of nitrogens with two attached hydrogens (primary N) is 1. The third-order valence-corrected chi connectivity index (χ3v) is 5.86. The molecule has 0 unspecified atom stereocenters. The van der Waals surface area contributed by atoms with E-state index in [0.29, 0.717) is 35.5 Å². The molecule has 32 heavy (non-hydrogen) atoms. The average Bonchev–Trinajstić information content (AvgIpc) is 3.10. The summed E-state index contributed by atoms with van der Waals surface area (Å²) in [5, 5.41) is 10.0. The van der Waals surface area contributed by atoms with Crippen LogP contribution in [0.2, 0.25) is 0 Å². The first-order valence-electron chi connectivity index (χ1n) is 10.7. The van der Waals surface area contributed by atoms with E-state index in [-0.39, 0.29) is 24.1 Å². The summed E-state index contributed by atoms with van der Waals surface area (Å²) in [6.07, 6.45) is 3.19. The maximum absolute atomic E-state index is 13.5. The molecule has 2 aromatic heterocycles. The number of likely N-dealkylation sites (N-methyl/N-ethyl adjacent to an activating group) is 1. The monoisotopic (exact) mass is 433 g/mol. The Morgan fingerprint density at radius 2 is 2.06 bits per heavy atom. The van der Waals surface area contributed by atoms with E-state index >= 15 is 0 Å². The van der Waals surface area contributed by atoms with Gasteiger partial charge in [-0.05, 0) is 18.4 Å². The highest BCUT2D eigenvalue weighted by Gasteiger charge is 2.28. The van der Waals surface area contributed by atoms with Crippen molar-refractivity contribution in [1.29, 1.82) is 5.26 Å². The zero-order valence-corrected chi connectivity index (χ0v) is 18.4. The van der Waals surface area contributed by atoms with Crippen molar-refractivity contribution < 1.29 is 4.79 Å². The number of benzene rings is 1. The SMILES string of the molecule is CN(C)C(=O)Cn1cnc2c(C#N)c(N3CCC[C@H](N)C3)n(Cc3ccccc3)c2c1=O. The van der Waals surface area contributed by atoms with Crippen LogP contribution in [0.15, 0.2) is 41.5 Å². The van der Waals surface area contributed by atoms with E-state index in [2.05, 4.69) is 16.0 Å². The Morgan fingerprint density at radius 1 is 1.31 bits per heavy atom. The molecule has 1 fully saturated rings. The number of hydrogen-bond acceptors (Lipinski definition) is 6. The van der Waals surface area contributed by atoms with E-state index in [9.17, 15) is 14.9 Å². The number of carbonyl (C=O) groups is 1. The summed E-state index contributed by atoms with van der Waals surface area (Å²) < 4.78 is 3.17. The van der Waals surface area contributed by atoms with Crippen molar-refractivity contribution in [2.24, 2.45) is 5.73 Å². The fourth-order valence-electron chi connectivity index (χ4n) is 4.21. The summed E-state index contributed by atoms with van der Waals surface area (Å²) >= 11 is 0. The highest BCUT2D eigenvalue weighted by atomic mass is 16.2. The van der Waals surface area contributed by atoms with Gasteiger partial charge in [0.2, 0.25) is 5.91 Å². The number of amides is 1. The molecule has 3 aromatic rings. The topological polar surface area (TPSA) is 113 Å². The lowest BCUT2D eigenvalue weighted by Crippen LogP contribution is -2.44. The van der Waals surface area contributed by atoms with Gasteiger partial charge in [0.25, 0.3) is 5.56 Å². The molecular weight excluding hydrogens is 406 g/mol. The zero-order valence-electron chi connectivity index (χ0n) is 18.4. The first-order chi connectivity index (χ1) is 15.4. The summed E-state index contributed by atoms with van der Waals surface area (Å²) in [5.74, 6) is 0.458. The number of fused-ring (bicyclic) bond motifs is 1. The molecule has 1 saturated heterocycles. The van der Waals surface area contributed by atoms with E-state index in [1.807, 2.05) is 34.9 Å². The smallest absolute Gasteiger partial charge is 0.278 e. The summed E-state index contributed by atoms with van der Waals surface area (Å²) in [6, 6.07) is 12.0. The van der Waals surface area contributed by atoms with E-state index in [1.54, 1.807) is 14.1 Å². The highest BCUT2D eigenvalue weighted by Crippen LogP contribution is 2.32. The molecule has 4 rings (SSSR count). The van der Waals surface area contributed by atoms with Gasteiger partial charge in [0.15, 0.2) is 0 Å². The van der Waals surface area contributed by atoms with Gasteiger partial charge in [0.05, 0.1) is 6.33 Å². The number of nitriles is 1. The molecule has 1 amide bonds. The molecule has 9 heteroatoms. The van der Waals surface area contributed by atoms with Crippen molar-refractivity contribution in [3.8, 4) is 6.07 Å². The van der Waals surface area contributed by atoms with E-state index < -0.39 is 0 Å². The molecule has 3 heterocycles. The van der Waals surface area contributed by atoms with Gasteiger partial charge in [0, 0.05) is 39.8 Å². The molecule has 0 aliphatic carbocycles. The van der Waals surface area contributed by atoms with Crippen LogP contribution < -0.4 is 16.2 Å². The number of anilines is 1. The minimum absolute atomic E-state index is 0.000750. The minimum Gasteiger partial charge on any atom is -0.355 e. The van der Waals surface area contributed by atoms with Crippen LogP contribution in [-0.2, 0) is 17.9 Å². The maximum atomic E-state index is 13.5. The molecule has 0 spiro atoms. The first kappa shape index (κ1) is 21.6. The Bertz CT molecular complexity index is 1240. The number of aromatic nitrogens is 3. The predicted octanol–water partition coefficient (Wildman–Crippen LogP) is 1.13. The normalized spacial score (nSPS) is 16.2. The van der Waals surface area contributed by atoms with Crippen molar-refractivity contribution in [3.05, 3.63) is 58.1 Å². The lowest BCUT2D eigenvalue weighted by Gasteiger charge is -2.33. The van der Waals surface area contributed by atoms with Crippen LogP contribution in [0, 0.1) is 11.3 Å². The van der Waals surface area contributed by atoms with Crippen molar-refractivity contribution >= 4 is 22.8 Å². The van der Waals surface area contributed by atoms with Crippen molar-refractivity contribution in [3.63, 3.8) is 0 Å². The summed E-state index contributed by atoms with van der Waals surface area (Å²) in [4.78, 5) is 33.7. The Morgan fingerprint density at radius 3 is 2.72 bits per heavy atom. The van der Waals surface area contributed by atoms with Crippen molar-refractivity contribution in [1.82, 2.24) is 19.0 Å². The Balaban J connectivity index is 1.95. The molecule has 1 atom stereocenters. The third kappa shape index (κ3) is 3.97. The molecule has 1 aromatic carbocycles. The number of rotatable bonds is 5. The third-order valence-electron chi connectivity index (χ3n) is 5.86. The second-order valence-electron chi connectivity index (χ2n) is 8.39. The standard InChI is InChI=1S/C23H27N7O2/c1-27(2)19(31)14-29-15-26-20-18(11-24)22(28-10-6-9-17(25)13-28)30(21(20)23(29)32)12-16-7-4-3-5-8-16/h3-5,7-8,15,17H,6,9-10,12-14,25H2,1-2H3/t17-/m0/s1. The van der Waals surface area contributed by atoms with Crippen LogP contribution in [0.4, 0.5) is 5.82 Å². The van der Waals surface area contributed by atoms with Crippen molar-refractivity contribution in [2.75, 3.05) is 32.1 Å². The lowest BCUT2D eigenvalue weighted by atomic mass is 10.1. The zero-order chi connectivity index (χ0) is 22.8. The van der Waals surface area contributed by atoms with Gasteiger partial charge < -0.3 is 20.1 Å². The van der Waals surface area contributed by atoms with Gasteiger partial charge in [-0.2, -0.15) is 5.26 Å². The molecule has 0 bridgehead atoms. The predicted molar refractivity (Wildman–Crippen MR) is 122 cm³/mol. The van der Waals surface area contributed by atoms with Crippen molar-refractivity contribution in [2.45, 2.75) is 32.0 Å². The number of hydrogen-bond donors (Lipinski definition) is 1. The van der Waals surface area contributed by atoms with E-state index in [1.165, 1.54) is 15.8 Å². The summed E-state index contributed by atoms with van der Waals surface area (Å²) in [5.41, 5.74) is 7.94. The molecule has 166 valence electrons. The Labute approximate surface area is 186 Å². The fraction of sp³-hybridized carbons (Fsp3) is 0.391. The Kier molecular flexibility index (Phi) is 5.97. The number of piperidine rings is 1. The fourth-order valence-corrected chi connectivity index (χ4v) is 4.21. The largest absolute Gasteiger partial charge is 0.355 e. The number of carbonyl (C=O) groups excluding carboxylic acids is 1. The molecule has 9 nitrogen and oxygen atoms in total. The summed E-state index contributed by atoms with van der Waals surface area (Å²) in [6.45, 7) is 1.65. The van der Waals surface area contributed by atoms with Crippen LogP contribution >= 0.6 is 0 Å². The van der Waals surface area contributed by atoms with E-state index in [4.69, 9.17) is 5.73 Å². The molecular formula is C23H27N7O2. The van der Waals surface area contributed by atoms with Gasteiger partial charge in [-0.3, -0.25) is 14.2 Å². The second kappa shape index (κ2) is 8.85. The quantitative estimate of drug-likeness (QED) is 0.645. The summed E-state index contributed by atoms with van der Waals surface area (Å²) in [7, 11) is 3.28. The molecule has 0 radical (unpaired) electrons. The molecule has 0 saturated carbocycles. The van der Waals surface area contributed by atoms with Gasteiger partial charge >= 0.3 is 0 Å². The van der Waals surface area contributed by atoms with Crippen LogP contribution in [0.5, 0.6) is 0 Å². The van der Waals surface area contributed by atoms with Crippen LogP contribution in [0.3, 0.4) is 0 Å². The molecule has 2 N–H and O–H groups in total. The maximum Gasteiger partial charge on any atom is 0.278 e. The van der Waals surface area contributed by atoms with Gasteiger partial charge in [0.1, 0.15) is 35.0 Å². The minimum atomic E-state index is -0.342. The lowest BCUT2D eigenvalue weighted by molar-refractivity contribution is -0.129. The van der Waals surface area contributed by atoms with Gasteiger partial charge in [-0.25, -0.2) is 4.98 Å². The average molecular weight is 434 g/mol. The Hall–Kier alpha value is -3.64. The van der Waals surface area contributed by atoms with Crippen LogP contribution in [-0.4, -0.2) is 58.2 Å². The van der Waals surface area contributed by atoms with Gasteiger partial charge in [-0.15, -0.1) is 0 Å². The molecule has 1 aliphatic heterocycles. The van der Waals surface area contributed by atoms with Gasteiger partial charge in [-0.1, -0.05) is 30.3 Å². The van der Waals surface area contributed by atoms with Crippen LogP contribution in [0.25, 0.3) is 11.0 Å². The van der Waals surface area contributed by atoms with E-state index in [0.717, 1.165) is 24.9 Å².